The van der Waals surface area contributed by atoms with Crippen LogP contribution in [0, 0.1) is 0 Å². The van der Waals surface area contributed by atoms with Crippen LogP contribution in [0.25, 0.3) is 16.6 Å². The maximum Gasteiger partial charge on any atom is 0.274 e. The standard InChI is InChI=1S/C16H16FN5O2/c1-24-12-4-2-3-10-13(12)20-16(18)22-8-11(19-14(10)22)15(23)21-6-5-9(17)7-21/h2-4,8-9H,5-7H2,1H3,(H2,18,20). The van der Waals surface area contributed by atoms with Crippen molar-refractivity contribution in [1.82, 2.24) is 19.3 Å². The van der Waals surface area contributed by atoms with Crippen molar-refractivity contribution in [2.45, 2.75) is 12.6 Å². The summed E-state index contributed by atoms with van der Waals surface area (Å²) in [4.78, 5) is 22.8. The van der Waals surface area contributed by atoms with Gasteiger partial charge < -0.3 is 15.4 Å². The number of methoxy groups -OCH3 is 1. The van der Waals surface area contributed by atoms with Gasteiger partial charge in [-0.3, -0.25) is 9.20 Å². The number of amides is 1. The van der Waals surface area contributed by atoms with Gasteiger partial charge in [0.25, 0.3) is 5.91 Å². The number of rotatable bonds is 2. The molecule has 1 saturated heterocycles. The fourth-order valence-corrected chi connectivity index (χ4v) is 3.06. The fourth-order valence-electron chi connectivity index (χ4n) is 3.06. The number of fused-ring (bicyclic) bond motifs is 3. The van der Waals surface area contributed by atoms with Gasteiger partial charge in [0, 0.05) is 18.1 Å². The molecule has 124 valence electrons. The number of alkyl halides is 1. The second-order valence-electron chi connectivity index (χ2n) is 5.78. The summed E-state index contributed by atoms with van der Waals surface area (Å²) < 4.78 is 20.2. The minimum absolute atomic E-state index is 0.106. The number of nitrogens with two attached hydrogens (primary N) is 1. The Morgan fingerprint density at radius 3 is 2.96 bits per heavy atom. The third kappa shape index (κ3) is 2.14. The lowest BCUT2D eigenvalue weighted by Crippen LogP contribution is -2.29. The summed E-state index contributed by atoms with van der Waals surface area (Å²) in [6.07, 6.45) is 0.941. The van der Waals surface area contributed by atoms with E-state index >= 15 is 0 Å². The summed E-state index contributed by atoms with van der Waals surface area (Å²) in [7, 11) is 1.55. The van der Waals surface area contributed by atoms with Crippen molar-refractivity contribution in [2.24, 2.45) is 0 Å². The molecular formula is C16H16FN5O2. The molecule has 0 aliphatic carbocycles. The van der Waals surface area contributed by atoms with Crippen LogP contribution >= 0.6 is 0 Å². The van der Waals surface area contributed by atoms with Crippen LogP contribution in [0.4, 0.5) is 10.3 Å². The number of likely N-dealkylation sites (tertiary alicyclic amines) is 1. The third-order valence-electron chi connectivity index (χ3n) is 4.28. The maximum absolute atomic E-state index is 13.3. The van der Waals surface area contributed by atoms with E-state index in [9.17, 15) is 9.18 Å². The number of hydrogen-bond donors (Lipinski definition) is 1. The highest BCUT2D eigenvalue weighted by atomic mass is 19.1. The number of carbonyl (C=O) groups is 1. The molecule has 0 bridgehead atoms. The van der Waals surface area contributed by atoms with Gasteiger partial charge in [0.1, 0.15) is 28.8 Å². The molecule has 2 aromatic heterocycles. The molecule has 3 heterocycles. The molecule has 24 heavy (non-hydrogen) atoms. The predicted octanol–water partition coefficient (Wildman–Crippen LogP) is 1.66. The van der Waals surface area contributed by atoms with Crippen molar-refractivity contribution in [3.63, 3.8) is 0 Å². The van der Waals surface area contributed by atoms with Crippen LogP contribution in [0.15, 0.2) is 24.4 Å². The van der Waals surface area contributed by atoms with Crippen LogP contribution in [-0.4, -0.2) is 51.5 Å². The van der Waals surface area contributed by atoms with Gasteiger partial charge in [-0.15, -0.1) is 0 Å². The van der Waals surface area contributed by atoms with Gasteiger partial charge in [0.15, 0.2) is 0 Å². The summed E-state index contributed by atoms with van der Waals surface area (Å²) in [5, 5.41) is 0.729. The molecule has 1 fully saturated rings. The van der Waals surface area contributed by atoms with E-state index in [0.717, 1.165) is 5.39 Å². The van der Waals surface area contributed by atoms with Crippen molar-refractivity contribution >= 4 is 28.4 Å². The normalized spacial score (nSPS) is 17.8. The Hall–Kier alpha value is -2.90. The minimum atomic E-state index is -0.970. The van der Waals surface area contributed by atoms with Crippen molar-refractivity contribution in [3.8, 4) is 5.75 Å². The average molecular weight is 329 g/mol. The summed E-state index contributed by atoms with van der Waals surface area (Å²) in [6.45, 7) is 0.505. The monoisotopic (exact) mass is 329 g/mol. The molecule has 7 nitrogen and oxygen atoms in total. The summed E-state index contributed by atoms with van der Waals surface area (Å²) in [5.41, 5.74) is 7.34. The van der Waals surface area contributed by atoms with Gasteiger partial charge in [0.2, 0.25) is 5.95 Å². The Balaban J connectivity index is 1.87. The summed E-state index contributed by atoms with van der Waals surface area (Å²) in [6, 6.07) is 5.45. The lowest BCUT2D eigenvalue weighted by atomic mass is 10.2. The second-order valence-corrected chi connectivity index (χ2v) is 5.78. The van der Waals surface area contributed by atoms with E-state index in [1.807, 2.05) is 12.1 Å². The Morgan fingerprint density at radius 1 is 1.42 bits per heavy atom. The molecule has 1 aromatic carbocycles. The van der Waals surface area contributed by atoms with E-state index in [1.165, 1.54) is 4.90 Å². The number of nitrogens with zero attached hydrogens (tertiary/aromatic N) is 4. The van der Waals surface area contributed by atoms with Gasteiger partial charge in [0.05, 0.1) is 13.7 Å². The molecule has 4 rings (SSSR count). The Kier molecular flexibility index (Phi) is 3.26. The quantitative estimate of drug-likeness (QED) is 0.773. The number of benzene rings is 1. The van der Waals surface area contributed by atoms with E-state index in [1.54, 1.807) is 23.8 Å². The Labute approximate surface area is 136 Å². The molecule has 8 heteroatoms. The molecule has 3 aromatic rings. The van der Waals surface area contributed by atoms with Crippen molar-refractivity contribution in [3.05, 3.63) is 30.1 Å². The number of para-hydroxylation sites is 1. The molecule has 2 N–H and O–H groups in total. The molecule has 0 saturated carbocycles. The van der Waals surface area contributed by atoms with Crippen molar-refractivity contribution in [2.75, 3.05) is 25.9 Å². The molecule has 0 spiro atoms. The van der Waals surface area contributed by atoms with Crippen molar-refractivity contribution < 1.29 is 13.9 Å². The highest BCUT2D eigenvalue weighted by Crippen LogP contribution is 2.28. The first kappa shape index (κ1) is 14.7. The van der Waals surface area contributed by atoms with Crippen LogP contribution in [0.3, 0.4) is 0 Å². The first-order chi connectivity index (χ1) is 11.6. The predicted molar refractivity (Wildman–Crippen MR) is 86.9 cm³/mol. The highest BCUT2D eigenvalue weighted by molar-refractivity contribution is 5.99. The zero-order valence-electron chi connectivity index (χ0n) is 13.1. The smallest absolute Gasteiger partial charge is 0.274 e. The summed E-state index contributed by atoms with van der Waals surface area (Å²) in [5.74, 6) is 0.491. The number of imidazole rings is 1. The van der Waals surface area contributed by atoms with E-state index < -0.39 is 6.17 Å². The highest BCUT2D eigenvalue weighted by Gasteiger charge is 2.28. The maximum atomic E-state index is 13.3. The number of carbonyl (C=O) groups excluding carboxylic acids is 1. The second kappa shape index (κ2) is 5.33. The molecule has 1 atom stereocenters. The number of nitrogen functional groups attached to an aromatic ring is 1. The minimum Gasteiger partial charge on any atom is -0.494 e. The number of hydrogen-bond acceptors (Lipinski definition) is 5. The Morgan fingerprint density at radius 2 is 2.25 bits per heavy atom. The molecular weight excluding hydrogens is 313 g/mol. The lowest BCUT2D eigenvalue weighted by Gasteiger charge is -2.12. The Bertz CT molecular complexity index is 954. The van der Waals surface area contributed by atoms with Gasteiger partial charge in [-0.25, -0.2) is 14.4 Å². The molecule has 1 aliphatic rings. The SMILES string of the molecule is COc1cccc2c1nc(N)n1cc(C(=O)N3CCC(F)C3)nc21. The third-order valence-corrected chi connectivity index (χ3v) is 4.28. The van der Waals surface area contributed by atoms with Crippen LogP contribution in [0.2, 0.25) is 0 Å². The van der Waals surface area contributed by atoms with E-state index in [2.05, 4.69) is 9.97 Å². The first-order valence-electron chi connectivity index (χ1n) is 7.63. The number of halogens is 1. The summed E-state index contributed by atoms with van der Waals surface area (Å²) >= 11 is 0. The fraction of sp³-hybridized carbons (Fsp3) is 0.312. The van der Waals surface area contributed by atoms with Crippen LogP contribution in [0.1, 0.15) is 16.9 Å². The molecule has 0 radical (unpaired) electrons. The van der Waals surface area contributed by atoms with E-state index in [-0.39, 0.29) is 24.1 Å². The van der Waals surface area contributed by atoms with E-state index in [0.29, 0.717) is 29.9 Å². The zero-order valence-corrected chi connectivity index (χ0v) is 13.1. The van der Waals surface area contributed by atoms with E-state index in [4.69, 9.17) is 10.5 Å². The molecule has 1 amide bonds. The number of ether oxygens (including phenoxy) is 1. The van der Waals surface area contributed by atoms with Gasteiger partial charge in [-0.2, -0.15) is 0 Å². The largest absolute Gasteiger partial charge is 0.494 e. The number of anilines is 1. The van der Waals surface area contributed by atoms with Crippen LogP contribution in [-0.2, 0) is 0 Å². The lowest BCUT2D eigenvalue weighted by molar-refractivity contribution is 0.0778. The van der Waals surface area contributed by atoms with Crippen LogP contribution in [0.5, 0.6) is 5.75 Å². The van der Waals surface area contributed by atoms with Crippen molar-refractivity contribution in [1.29, 1.82) is 0 Å². The molecule has 1 unspecified atom stereocenters. The zero-order chi connectivity index (χ0) is 16.8. The van der Waals surface area contributed by atoms with Crippen LogP contribution < -0.4 is 10.5 Å². The topological polar surface area (TPSA) is 85.8 Å². The van der Waals surface area contributed by atoms with Gasteiger partial charge in [-0.1, -0.05) is 6.07 Å². The average Bonchev–Trinajstić information content (AvgIpc) is 3.21. The number of aromatic nitrogens is 3. The first-order valence-corrected chi connectivity index (χ1v) is 7.63. The molecule has 1 aliphatic heterocycles. The van der Waals surface area contributed by atoms with Gasteiger partial charge >= 0.3 is 0 Å². The van der Waals surface area contributed by atoms with Gasteiger partial charge in [-0.05, 0) is 18.6 Å².